The molecule has 1 rings (SSSR count). The number of phenolic OH excluding ortho intramolecular Hbond substituents is 1. The van der Waals surface area contributed by atoms with Crippen molar-refractivity contribution in [3.63, 3.8) is 0 Å². The number of nitrogens with one attached hydrogen (secondary N) is 3. The Bertz CT molecular complexity index is 862. The lowest BCUT2D eigenvalue weighted by Crippen LogP contribution is -2.59. The summed E-state index contributed by atoms with van der Waals surface area (Å²) in [6.45, 7) is -1.82. The third-order valence-electron chi connectivity index (χ3n) is 4.38. The van der Waals surface area contributed by atoms with E-state index in [0.717, 1.165) is 0 Å². The predicted molar refractivity (Wildman–Crippen MR) is 111 cm³/mol. The maximum absolute atomic E-state index is 12.4. The minimum atomic E-state index is -1.69. The number of carboxylic acids is 1. The molecule has 0 saturated carbocycles. The van der Waals surface area contributed by atoms with Crippen LogP contribution in [-0.2, 0) is 30.4 Å². The van der Waals surface area contributed by atoms with Crippen LogP contribution in [0.4, 0.5) is 0 Å². The summed E-state index contributed by atoms with van der Waals surface area (Å²) < 4.78 is 0. The summed E-state index contributed by atoms with van der Waals surface area (Å²) in [6.07, 6.45) is -0.661. The number of benzene rings is 1. The lowest BCUT2D eigenvalue weighted by molar-refractivity contribution is -0.144. The summed E-state index contributed by atoms with van der Waals surface area (Å²) in [5.41, 5.74) is 11.3. The van der Waals surface area contributed by atoms with Crippen LogP contribution in [-0.4, -0.2) is 87.4 Å². The van der Waals surface area contributed by atoms with Gasteiger partial charge in [-0.15, -0.1) is 0 Å². The van der Waals surface area contributed by atoms with Crippen molar-refractivity contribution in [3.05, 3.63) is 29.8 Å². The maximum Gasteiger partial charge on any atom is 0.326 e. The summed E-state index contributed by atoms with van der Waals surface area (Å²) >= 11 is 0. The quantitative estimate of drug-likeness (QED) is 0.134. The molecule has 14 heteroatoms. The first-order valence-corrected chi connectivity index (χ1v) is 9.65. The van der Waals surface area contributed by atoms with Gasteiger partial charge < -0.3 is 47.8 Å². The lowest BCUT2D eigenvalue weighted by atomic mass is 10.1. The number of aliphatic hydroxyl groups is 2. The van der Waals surface area contributed by atoms with Gasteiger partial charge in [0, 0.05) is 0 Å². The molecule has 14 nitrogen and oxygen atoms in total. The first kappa shape index (κ1) is 27.3. The van der Waals surface area contributed by atoms with Crippen molar-refractivity contribution in [2.75, 3.05) is 13.2 Å². The van der Waals surface area contributed by atoms with Gasteiger partial charge in [-0.1, -0.05) is 12.1 Å². The summed E-state index contributed by atoms with van der Waals surface area (Å²) in [6, 6.07) is -0.0805. The zero-order chi connectivity index (χ0) is 25.1. The van der Waals surface area contributed by atoms with Crippen LogP contribution >= 0.6 is 0 Å². The van der Waals surface area contributed by atoms with Gasteiger partial charge in [-0.2, -0.15) is 0 Å². The number of aliphatic carboxylic acids is 1. The van der Waals surface area contributed by atoms with E-state index >= 15 is 0 Å². The Hall–Kier alpha value is -3.75. The van der Waals surface area contributed by atoms with E-state index in [4.69, 9.17) is 16.6 Å². The molecule has 0 heterocycles. The molecule has 182 valence electrons. The number of nitrogens with two attached hydrogens (primary N) is 2. The summed E-state index contributed by atoms with van der Waals surface area (Å²) in [5.74, 6) is -5.52. The number of amides is 4. The van der Waals surface area contributed by atoms with E-state index in [1.54, 1.807) is 12.1 Å². The molecule has 33 heavy (non-hydrogen) atoms. The number of aromatic hydroxyl groups is 1. The molecule has 0 fully saturated rings. The second-order valence-electron chi connectivity index (χ2n) is 7.03. The van der Waals surface area contributed by atoms with Crippen LogP contribution in [0.1, 0.15) is 12.0 Å². The normalized spacial score (nSPS) is 14.3. The molecule has 4 atom stereocenters. The van der Waals surface area contributed by atoms with Crippen LogP contribution in [0.25, 0.3) is 0 Å². The van der Waals surface area contributed by atoms with Crippen molar-refractivity contribution in [3.8, 4) is 5.75 Å². The van der Waals surface area contributed by atoms with Crippen LogP contribution in [0.5, 0.6) is 5.75 Å². The Morgan fingerprint density at radius 3 is 1.70 bits per heavy atom. The number of primary amides is 1. The molecule has 0 saturated heterocycles. The molecule has 0 bridgehead atoms. The average Bonchev–Trinajstić information content (AvgIpc) is 2.75. The molecule has 0 aliphatic carbocycles. The highest BCUT2D eigenvalue weighted by Crippen LogP contribution is 2.11. The number of hydrogen-bond acceptors (Lipinski definition) is 9. The highest BCUT2D eigenvalue weighted by molar-refractivity contribution is 5.95. The predicted octanol–water partition coefficient (Wildman–Crippen LogP) is -4.34. The van der Waals surface area contributed by atoms with Crippen LogP contribution in [0.2, 0.25) is 0 Å². The number of hydrogen-bond donors (Lipinski definition) is 9. The van der Waals surface area contributed by atoms with Crippen molar-refractivity contribution in [1.29, 1.82) is 0 Å². The largest absolute Gasteiger partial charge is 0.508 e. The van der Waals surface area contributed by atoms with Gasteiger partial charge in [-0.3, -0.25) is 19.2 Å². The van der Waals surface area contributed by atoms with Gasteiger partial charge in [0.15, 0.2) is 0 Å². The Balaban J connectivity index is 2.72. The van der Waals surface area contributed by atoms with Crippen LogP contribution in [0.15, 0.2) is 24.3 Å². The topological polar surface area (TPSA) is 254 Å². The van der Waals surface area contributed by atoms with E-state index in [9.17, 15) is 39.3 Å². The number of phenols is 1. The van der Waals surface area contributed by atoms with Crippen molar-refractivity contribution in [2.24, 2.45) is 11.5 Å². The Kier molecular flexibility index (Phi) is 10.7. The van der Waals surface area contributed by atoms with Crippen molar-refractivity contribution >= 4 is 29.6 Å². The summed E-state index contributed by atoms with van der Waals surface area (Å²) in [5, 5.41) is 43.4. The minimum absolute atomic E-state index is 0.0283. The van der Waals surface area contributed by atoms with E-state index in [-0.39, 0.29) is 12.2 Å². The molecular weight excluding hydrogens is 442 g/mol. The highest BCUT2D eigenvalue weighted by atomic mass is 16.4. The third-order valence-corrected chi connectivity index (χ3v) is 4.38. The minimum Gasteiger partial charge on any atom is -0.508 e. The zero-order valence-electron chi connectivity index (χ0n) is 17.4. The standard InChI is InChI=1S/C19H27N5O9/c20-11(5-9-1-3-10(27)4-2-9)16(29)23-13(7-25)18(31)24-14(8-26)17(30)22-12(19(32)33)6-15(21)28/h1-4,11-14,25-27H,5-8,20H2,(H2,21,28)(H,22,30)(H,23,29)(H,24,31)(H,32,33). The fourth-order valence-electron chi connectivity index (χ4n) is 2.59. The molecule has 0 radical (unpaired) electrons. The van der Waals surface area contributed by atoms with Crippen LogP contribution in [0, 0.1) is 0 Å². The van der Waals surface area contributed by atoms with Crippen molar-refractivity contribution in [1.82, 2.24) is 16.0 Å². The highest BCUT2D eigenvalue weighted by Gasteiger charge is 2.30. The van der Waals surface area contributed by atoms with Gasteiger partial charge in [-0.05, 0) is 24.1 Å². The van der Waals surface area contributed by atoms with Crippen molar-refractivity contribution in [2.45, 2.75) is 37.0 Å². The van der Waals surface area contributed by atoms with E-state index in [0.29, 0.717) is 5.56 Å². The molecule has 1 aromatic carbocycles. The smallest absolute Gasteiger partial charge is 0.326 e. The first-order valence-electron chi connectivity index (χ1n) is 9.65. The molecule has 4 amide bonds. The summed E-state index contributed by atoms with van der Waals surface area (Å²) in [7, 11) is 0. The van der Waals surface area contributed by atoms with E-state index in [1.165, 1.54) is 12.1 Å². The van der Waals surface area contributed by atoms with Gasteiger partial charge in [0.1, 0.15) is 23.9 Å². The number of carboxylic acid groups (broad SMARTS) is 1. The maximum atomic E-state index is 12.4. The molecule has 4 unspecified atom stereocenters. The van der Waals surface area contributed by atoms with Gasteiger partial charge in [0.05, 0.1) is 25.7 Å². The van der Waals surface area contributed by atoms with Gasteiger partial charge >= 0.3 is 5.97 Å². The molecule has 0 aliphatic heterocycles. The Morgan fingerprint density at radius 2 is 1.27 bits per heavy atom. The average molecular weight is 469 g/mol. The number of rotatable bonds is 13. The number of carbonyl (C=O) groups is 5. The van der Waals surface area contributed by atoms with E-state index in [1.807, 2.05) is 5.32 Å². The second-order valence-corrected chi connectivity index (χ2v) is 7.03. The SMILES string of the molecule is NC(=O)CC(NC(=O)C(CO)NC(=O)C(CO)NC(=O)C(N)Cc1ccc(O)cc1)C(=O)O. The Labute approximate surface area is 187 Å². The molecule has 1 aromatic rings. The van der Waals surface area contributed by atoms with Gasteiger partial charge in [0.25, 0.3) is 0 Å². The molecular formula is C19H27N5O9. The zero-order valence-corrected chi connectivity index (χ0v) is 17.4. The van der Waals surface area contributed by atoms with Crippen LogP contribution < -0.4 is 27.4 Å². The number of aliphatic hydroxyl groups excluding tert-OH is 2. The lowest BCUT2D eigenvalue weighted by Gasteiger charge is -2.23. The second kappa shape index (κ2) is 12.9. The third kappa shape index (κ3) is 9.10. The Morgan fingerprint density at radius 1 is 0.818 bits per heavy atom. The van der Waals surface area contributed by atoms with E-state index in [2.05, 4.69) is 10.6 Å². The molecule has 0 aliphatic rings. The summed E-state index contributed by atoms with van der Waals surface area (Å²) in [4.78, 5) is 58.9. The van der Waals surface area contributed by atoms with E-state index < -0.39 is 73.4 Å². The van der Waals surface area contributed by atoms with Crippen LogP contribution in [0.3, 0.4) is 0 Å². The fraction of sp³-hybridized carbons (Fsp3) is 0.421. The molecule has 0 spiro atoms. The monoisotopic (exact) mass is 469 g/mol. The number of carbonyl (C=O) groups excluding carboxylic acids is 4. The first-order chi connectivity index (χ1) is 15.5. The molecule has 0 aromatic heterocycles. The van der Waals surface area contributed by atoms with Gasteiger partial charge in [0.2, 0.25) is 23.6 Å². The fourth-order valence-corrected chi connectivity index (χ4v) is 2.59. The van der Waals surface area contributed by atoms with Gasteiger partial charge in [-0.25, -0.2) is 4.79 Å². The molecule has 11 N–H and O–H groups in total. The van der Waals surface area contributed by atoms with Crippen molar-refractivity contribution < 1.29 is 44.4 Å².